The molecule has 0 saturated carbocycles. The minimum atomic E-state index is -0.782. The molecule has 2 N–H and O–H groups in total. The molecule has 3 rings (SSSR count). The van der Waals surface area contributed by atoms with Crippen LogP contribution in [0.5, 0.6) is 5.95 Å². The lowest BCUT2D eigenvalue weighted by molar-refractivity contribution is -0.672. The van der Waals surface area contributed by atoms with Gasteiger partial charge in [-0.05, 0) is 17.5 Å². The number of aromatic nitrogens is 2. The molecule has 0 spiro atoms. The molecular formula is C15H16N4O4. The molecule has 0 unspecified atom stereocenters. The van der Waals surface area contributed by atoms with Crippen molar-refractivity contribution in [1.82, 2.24) is 10.2 Å². The van der Waals surface area contributed by atoms with Crippen molar-refractivity contribution in [3.8, 4) is 11.6 Å². The molecule has 1 saturated heterocycles. The monoisotopic (exact) mass is 316 g/mol. The van der Waals surface area contributed by atoms with Crippen molar-refractivity contribution in [2.75, 3.05) is 13.1 Å². The number of likely N-dealkylation sites (tertiary alicyclic amines) is 1. The van der Waals surface area contributed by atoms with Crippen LogP contribution in [0.4, 0.5) is 0 Å². The molecule has 23 heavy (non-hydrogen) atoms. The van der Waals surface area contributed by atoms with Crippen LogP contribution in [-0.4, -0.2) is 35.1 Å². The molecular weight excluding hydrogens is 300 g/mol. The second-order valence-electron chi connectivity index (χ2n) is 5.43. The largest absolute Gasteiger partial charge is 0.538 e. The Bertz CT molecular complexity index is 720. The fourth-order valence-corrected chi connectivity index (χ4v) is 2.69. The number of nitrogens with two attached hydrogens (primary N) is 1. The Labute approximate surface area is 132 Å². The number of benzene rings is 1. The predicted octanol–water partition coefficient (Wildman–Crippen LogP) is -0.638. The van der Waals surface area contributed by atoms with E-state index in [1.165, 1.54) is 9.58 Å². The van der Waals surface area contributed by atoms with Gasteiger partial charge in [0.2, 0.25) is 11.6 Å². The van der Waals surface area contributed by atoms with Crippen molar-refractivity contribution >= 4 is 11.8 Å². The molecule has 0 aliphatic carbocycles. The SMILES string of the molecule is NC(=O)C1CCN(C(=O)c2c([O-])on[n+]2-c2ccccc2)CC1. The highest BCUT2D eigenvalue weighted by Crippen LogP contribution is 2.20. The number of para-hydroxylation sites is 1. The first-order valence-electron chi connectivity index (χ1n) is 7.31. The molecule has 1 fully saturated rings. The van der Waals surface area contributed by atoms with Gasteiger partial charge in [0.05, 0.1) is 5.27 Å². The first-order valence-corrected chi connectivity index (χ1v) is 7.31. The van der Waals surface area contributed by atoms with Gasteiger partial charge >= 0.3 is 11.6 Å². The summed E-state index contributed by atoms with van der Waals surface area (Å²) in [6, 6.07) is 8.80. The van der Waals surface area contributed by atoms with Crippen LogP contribution in [0, 0.1) is 5.92 Å². The Morgan fingerprint density at radius 2 is 1.91 bits per heavy atom. The lowest BCUT2D eigenvalue weighted by Crippen LogP contribution is -2.47. The minimum Gasteiger partial charge on any atom is -0.538 e. The maximum Gasteiger partial charge on any atom is 0.327 e. The minimum absolute atomic E-state index is 0.145. The summed E-state index contributed by atoms with van der Waals surface area (Å²) < 4.78 is 5.86. The average Bonchev–Trinajstić information content (AvgIpc) is 2.96. The second-order valence-corrected chi connectivity index (χ2v) is 5.43. The zero-order chi connectivity index (χ0) is 16.4. The number of rotatable bonds is 3. The van der Waals surface area contributed by atoms with E-state index in [4.69, 9.17) is 5.73 Å². The number of piperidine rings is 1. The number of primary amides is 1. The highest BCUT2D eigenvalue weighted by molar-refractivity contribution is 5.92. The van der Waals surface area contributed by atoms with Crippen molar-refractivity contribution in [3.05, 3.63) is 36.0 Å². The standard InChI is InChI=1S/C15H16N4O4/c16-13(20)10-6-8-18(9-7-10)14(21)12-15(22)23-17-19(12)11-4-2-1-3-5-11/h1-5,10H,6-9H2,(H2-,16,17,20,21,22). The van der Waals surface area contributed by atoms with Crippen molar-refractivity contribution in [3.63, 3.8) is 0 Å². The van der Waals surface area contributed by atoms with Crippen LogP contribution in [0.1, 0.15) is 23.3 Å². The zero-order valence-electron chi connectivity index (χ0n) is 12.3. The summed E-state index contributed by atoms with van der Waals surface area (Å²) in [5.41, 5.74) is 5.70. The smallest absolute Gasteiger partial charge is 0.327 e. The van der Waals surface area contributed by atoms with Gasteiger partial charge in [0, 0.05) is 31.1 Å². The third-order valence-corrected chi connectivity index (χ3v) is 4.00. The Balaban J connectivity index is 1.84. The van der Waals surface area contributed by atoms with E-state index in [1.807, 2.05) is 6.07 Å². The summed E-state index contributed by atoms with van der Waals surface area (Å²) in [6.07, 6.45) is 0.984. The number of hydrogen-bond donors (Lipinski definition) is 1. The Morgan fingerprint density at radius 3 is 2.52 bits per heavy atom. The first-order chi connectivity index (χ1) is 11.1. The summed E-state index contributed by atoms with van der Waals surface area (Å²) >= 11 is 0. The van der Waals surface area contributed by atoms with E-state index in [-0.39, 0.29) is 17.5 Å². The Kier molecular flexibility index (Phi) is 3.96. The maximum atomic E-state index is 12.6. The maximum absolute atomic E-state index is 12.6. The van der Waals surface area contributed by atoms with E-state index in [1.54, 1.807) is 24.3 Å². The molecule has 1 aliphatic rings. The highest BCUT2D eigenvalue weighted by Gasteiger charge is 2.34. The van der Waals surface area contributed by atoms with E-state index < -0.39 is 11.9 Å². The zero-order valence-corrected chi connectivity index (χ0v) is 12.3. The topological polar surface area (TPSA) is 116 Å². The van der Waals surface area contributed by atoms with Crippen LogP contribution in [0.2, 0.25) is 0 Å². The van der Waals surface area contributed by atoms with Crippen LogP contribution >= 0.6 is 0 Å². The van der Waals surface area contributed by atoms with Crippen LogP contribution < -0.4 is 15.5 Å². The molecule has 2 aromatic rings. The number of hydrogen-bond acceptors (Lipinski definition) is 5. The molecule has 1 aromatic carbocycles. The Morgan fingerprint density at radius 1 is 1.26 bits per heavy atom. The van der Waals surface area contributed by atoms with Gasteiger partial charge in [0.25, 0.3) is 0 Å². The van der Waals surface area contributed by atoms with E-state index >= 15 is 0 Å². The predicted molar refractivity (Wildman–Crippen MR) is 75.3 cm³/mol. The van der Waals surface area contributed by atoms with Gasteiger partial charge in [-0.15, -0.1) is 0 Å². The van der Waals surface area contributed by atoms with Crippen LogP contribution in [0.3, 0.4) is 0 Å². The molecule has 120 valence electrons. The molecule has 0 radical (unpaired) electrons. The third kappa shape index (κ3) is 2.87. The molecule has 0 atom stereocenters. The molecule has 8 nitrogen and oxygen atoms in total. The summed E-state index contributed by atoms with van der Waals surface area (Å²) in [4.78, 5) is 25.4. The third-order valence-electron chi connectivity index (χ3n) is 4.00. The van der Waals surface area contributed by atoms with Crippen LogP contribution in [0.15, 0.2) is 34.9 Å². The molecule has 2 heterocycles. The van der Waals surface area contributed by atoms with Gasteiger partial charge in [-0.1, -0.05) is 18.2 Å². The van der Waals surface area contributed by atoms with Crippen LogP contribution in [0.25, 0.3) is 5.69 Å². The van der Waals surface area contributed by atoms with Crippen molar-refractivity contribution in [2.24, 2.45) is 11.7 Å². The van der Waals surface area contributed by atoms with Gasteiger partial charge in [0.15, 0.2) is 5.95 Å². The quantitative estimate of drug-likeness (QED) is 0.756. The van der Waals surface area contributed by atoms with Crippen LogP contribution in [-0.2, 0) is 4.79 Å². The normalized spacial score (nSPS) is 15.6. The van der Waals surface area contributed by atoms with Gasteiger partial charge in [-0.25, -0.2) is 0 Å². The number of carbonyl (C=O) groups is 2. The molecule has 2 amide bonds. The van der Waals surface area contributed by atoms with Crippen molar-refractivity contribution in [2.45, 2.75) is 12.8 Å². The molecule has 0 bridgehead atoms. The van der Waals surface area contributed by atoms with Crippen molar-refractivity contribution < 1.29 is 23.9 Å². The Hall–Kier alpha value is -2.90. The lowest BCUT2D eigenvalue weighted by atomic mass is 9.96. The van der Waals surface area contributed by atoms with E-state index in [9.17, 15) is 14.7 Å². The number of amides is 2. The van der Waals surface area contributed by atoms with Gasteiger partial charge in [-0.3, -0.25) is 9.59 Å². The fraction of sp³-hybridized carbons (Fsp3) is 0.333. The fourth-order valence-electron chi connectivity index (χ4n) is 2.69. The van der Waals surface area contributed by atoms with Gasteiger partial charge in [0.1, 0.15) is 0 Å². The van der Waals surface area contributed by atoms with E-state index in [0.29, 0.717) is 31.6 Å². The molecule has 1 aliphatic heterocycles. The molecule has 1 aromatic heterocycles. The summed E-state index contributed by atoms with van der Waals surface area (Å²) in [7, 11) is 0. The number of carbonyl (C=O) groups excluding carboxylic acids is 2. The summed E-state index contributed by atoms with van der Waals surface area (Å²) in [5, 5.41) is 15.6. The molecule has 8 heteroatoms. The lowest BCUT2D eigenvalue weighted by Gasteiger charge is -2.29. The second kappa shape index (κ2) is 6.07. The van der Waals surface area contributed by atoms with Gasteiger partial charge < -0.3 is 20.3 Å². The average molecular weight is 316 g/mol. The summed E-state index contributed by atoms with van der Waals surface area (Å²) in [6.45, 7) is 0.734. The van der Waals surface area contributed by atoms with Crippen molar-refractivity contribution in [1.29, 1.82) is 0 Å². The van der Waals surface area contributed by atoms with Gasteiger partial charge in [-0.2, -0.15) is 0 Å². The van der Waals surface area contributed by atoms with E-state index in [2.05, 4.69) is 9.79 Å². The first kappa shape index (κ1) is 15.0. The number of nitrogens with zero attached hydrogens (tertiary/aromatic N) is 3. The van der Waals surface area contributed by atoms with E-state index in [0.717, 1.165) is 0 Å². The summed E-state index contributed by atoms with van der Waals surface area (Å²) in [5.74, 6) is -1.82. The highest BCUT2D eigenvalue weighted by atomic mass is 16.6.